The highest BCUT2D eigenvalue weighted by Crippen LogP contribution is 2.28. The zero-order valence-corrected chi connectivity index (χ0v) is 9.53. The van der Waals surface area contributed by atoms with Gasteiger partial charge in [0.15, 0.2) is 0 Å². The molecule has 6 heteroatoms. The summed E-state index contributed by atoms with van der Waals surface area (Å²) >= 11 is 1.50. The molecule has 3 N–H and O–H groups in total. The molecule has 2 aromatic heterocycles. The lowest BCUT2D eigenvalue weighted by Gasteiger charge is -2.04. The third-order valence-corrected chi connectivity index (χ3v) is 2.93. The molecule has 82 valence electrons. The molecule has 0 atom stereocenters. The van der Waals surface area contributed by atoms with Crippen LogP contribution in [0, 0.1) is 5.41 Å². The Labute approximate surface area is 97.2 Å². The van der Waals surface area contributed by atoms with E-state index < -0.39 is 0 Å². The molecule has 2 aromatic rings. The maximum Gasteiger partial charge on any atom is 0.142 e. The summed E-state index contributed by atoms with van der Waals surface area (Å²) in [7, 11) is 1.86. The highest BCUT2D eigenvalue weighted by atomic mass is 32.2. The molecular formula is C10H11N5S. The lowest BCUT2D eigenvalue weighted by molar-refractivity contribution is 0.766. The lowest BCUT2D eigenvalue weighted by Crippen LogP contribution is -2.14. The van der Waals surface area contributed by atoms with Crippen molar-refractivity contribution in [2.24, 2.45) is 12.8 Å². The van der Waals surface area contributed by atoms with E-state index in [0.717, 1.165) is 9.79 Å². The molecule has 16 heavy (non-hydrogen) atoms. The van der Waals surface area contributed by atoms with Crippen LogP contribution in [0.4, 0.5) is 0 Å². The first kappa shape index (κ1) is 10.7. The Hall–Kier alpha value is -1.82. The van der Waals surface area contributed by atoms with Crippen LogP contribution in [0.1, 0.15) is 5.69 Å². The van der Waals surface area contributed by atoms with Crippen LogP contribution in [0.2, 0.25) is 0 Å². The molecule has 0 aliphatic heterocycles. The van der Waals surface area contributed by atoms with Crippen LogP contribution in [-0.4, -0.2) is 20.6 Å². The van der Waals surface area contributed by atoms with Crippen LogP contribution in [0.3, 0.4) is 0 Å². The summed E-state index contributed by atoms with van der Waals surface area (Å²) in [5.74, 6) is -0.0213. The number of nitrogen functional groups attached to an aromatic ring is 1. The molecule has 2 rings (SSSR count). The van der Waals surface area contributed by atoms with Gasteiger partial charge >= 0.3 is 0 Å². The van der Waals surface area contributed by atoms with Gasteiger partial charge in [-0.25, -0.2) is 0 Å². The molecule has 0 aromatic carbocycles. The van der Waals surface area contributed by atoms with E-state index in [0.29, 0.717) is 5.69 Å². The van der Waals surface area contributed by atoms with E-state index in [9.17, 15) is 0 Å². The molecule has 0 unspecified atom stereocenters. The lowest BCUT2D eigenvalue weighted by atomic mass is 10.3. The van der Waals surface area contributed by atoms with Crippen molar-refractivity contribution in [3.63, 3.8) is 0 Å². The van der Waals surface area contributed by atoms with Crippen LogP contribution >= 0.6 is 11.8 Å². The Kier molecular flexibility index (Phi) is 2.91. The van der Waals surface area contributed by atoms with Gasteiger partial charge in [-0.3, -0.25) is 15.1 Å². The average molecular weight is 233 g/mol. The molecule has 0 saturated heterocycles. The topological polar surface area (TPSA) is 80.6 Å². The van der Waals surface area contributed by atoms with Gasteiger partial charge in [0.25, 0.3) is 0 Å². The average Bonchev–Trinajstić information content (AvgIpc) is 2.64. The van der Waals surface area contributed by atoms with E-state index in [1.54, 1.807) is 17.1 Å². The van der Waals surface area contributed by atoms with Crippen molar-refractivity contribution >= 4 is 17.6 Å². The Morgan fingerprint density at radius 3 is 3.00 bits per heavy atom. The molecular weight excluding hydrogens is 222 g/mol. The first-order valence-corrected chi connectivity index (χ1v) is 5.44. The maximum atomic E-state index is 7.43. The van der Waals surface area contributed by atoms with Gasteiger partial charge in [-0.2, -0.15) is 5.10 Å². The van der Waals surface area contributed by atoms with E-state index in [1.165, 1.54) is 11.8 Å². The van der Waals surface area contributed by atoms with Crippen molar-refractivity contribution in [2.75, 3.05) is 0 Å². The Morgan fingerprint density at radius 1 is 1.56 bits per heavy atom. The summed E-state index contributed by atoms with van der Waals surface area (Å²) in [5, 5.41) is 11.5. The third kappa shape index (κ3) is 2.22. The molecule has 0 saturated carbocycles. The molecule has 0 bridgehead atoms. The predicted molar refractivity (Wildman–Crippen MR) is 62.6 cm³/mol. The zero-order chi connectivity index (χ0) is 11.5. The summed E-state index contributed by atoms with van der Waals surface area (Å²) in [6, 6.07) is 3.71. The minimum atomic E-state index is -0.0213. The number of hydrogen-bond acceptors (Lipinski definition) is 4. The second-order valence-electron chi connectivity index (χ2n) is 3.22. The number of hydrogen-bond donors (Lipinski definition) is 2. The van der Waals surface area contributed by atoms with Crippen molar-refractivity contribution in [2.45, 2.75) is 9.79 Å². The summed E-state index contributed by atoms with van der Waals surface area (Å²) in [5.41, 5.74) is 5.97. The van der Waals surface area contributed by atoms with Gasteiger partial charge in [0, 0.05) is 24.3 Å². The number of nitrogens with two attached hydrogens (primary N) is 1. The smallest absolute Gasteiger partial charge is 0.142 e. The van der Waals surface area contributed by atoms with Crippen LogP contribution < -0.4 is 5.73 Å². The molecule has 0 aliphatic rings. The van der Waals surface area contributed by atoms with Crippen molar-refractivity contribution in [3.05, 3.63) is 36.4 Å². The molecule has 0 fully saturated rings. The van der Waals surface area contributed by atoms with E-state index in [-0.39, 0.29) is 5.84 Å². The molecule has 0 radical (unpaired) electrons. The van der Waals surface area contributed by atoms with Crippen LogP contribution in [0.25, 0.3) is 0 Å². The minimum absolute atomic E-state index is 0.0213. The first-order chi connectivity index (χ1) is 7.66. The van der Waals surface area contributed by atoms with E-state index in [2.05, 4.69) is 10.1 Å². The molecule has 2 heterocycles. The second-order valence-corrected chi connectivity index (χ2v) is 4.33. The van der Waals surface area contributed by atoms with E-state index in [4.69, 9.17) is 11.1 Å². The van der Waals surface area contributed by atoms with Crippen LogP contribution in [0.15, 0.2) is 40.5 Å². The molecule has 0 aliphatic carbocycles. The number of pyridine rings is 1. The zero-order valence-electron chi connectivity index (χ0n) is 8.71. The quantitative estimate of drug-likeness (QED) is 0.617. The summed E-state index contributed by atoms with van der Waals surface area (Å²) in [4.78, 5) is 5.95. The third-order valence-electron chi connectivity index (χ3n) is 1.93. The molecule has 5 nitrogen and oxygen atoms in total. The molecule has 0 spiro atoms. The summed E-state index contributed by atoms with van der Waals surface area (Å²) in [6.07, 6.45) is 5.30. The fourth-order valence-electron chi connectivity index (χ4n) is 1.25. The van der Waals surface area contributed by atoms with E-state index in [1.807, 2.05) is 25.4 Å². The fraction of sp³-hybridized carbons (Fsp3) is 0.100. The van der Waals surface area contributed by atoms with Gasteiger partial charge in [0.05, 0.1) is 11.1 Å². The SMILES string of the molecule is Cn1cc(Sc2cccnc2C(=N)N)cn1. The number of amidine groups is 1. The van der Waals surface area contributed by atoms with Gasteiger partial charge in [0.2, 0.25) is 0 Å². The minimum Gasteiger partial charge on any atom is -0.382 e. The van der Waals surface area contributed by atoms with Gasteiger partial charge < -0.3 is 5.73 Å². The molecule has 0 amide bonds. The van der Waals surface area contributed by atoms with Gasteiger partial charge in [0.1, 0.15) is 11.5 Å². The summed E-state index contributed by atoms with van der Waals surface area (Å²) < 4.78 is 1.73. The van der Waals surface area contributed by atoms with Crippen molar-refractivity contribution < 1.29 is 0 Å². The second kappa shape index (κ2) is 4.36. The highest BCUT2D eigenvalue weighted by molar-refractivity contribution is 7.99. The van der Waals surface area contributed by atoms with Crippen molar-refractivity contribution in [3.8, 4) is 0 Å². The maximum absolute atomic E-state index is 7.43. The number of nitrogens with one attached hydrogen (secondary N) is 1. The number of aromatic nitrogens is 3. The predicted octanol–water partition coefficient (Wildman–Crippen LogP) is 1.25. The standard InChI is InChI=1S/C10H11N5S/c1-15-6-7(5-14-15)16-8-3-2-4-13-9(8)10(11)12/h2-6H,1H3,(H3,11,12). The van der Waals surface area contributed by atoms with Gasteiger partial charge in [-0.1, -0.05) is 11.8 Å². The van der Waals surface area contributed by atoms with Crippen LogP contribution in [0.5, 0.6) is 0 Å². The van der Waals surface area contributed by atoms with Gasteiger partial charge in [-0.05, 0) is 12.1 Å². The van der Waals surface area contributed by atoms with Crippen LogP contribution in [-0.2, 0) is 7.05 Å². The number of nitrogens with zero attached hydrogens (tertiary/aromatic N) is 3. The Morgan fingerprint density at radius 2 is 2.38 bits per heavy atom. The van der Waals surface area contributed by atoms with Crippen molar-refractivity contribution in [1.29, 1.82) is 5.41 Å². The summed E-state index contributed by atoms with van der Waals surface area (Å²) in [6.45, 7) is 0. The largest absolute Gasteiger partial charge is 0.382 e. The van der Waals surface area contributed by atoms with Crippen molar-refractivity contribution in [1.82, 2.24) is 14.8 Å². The highest BCUT2D eigenvalue weighted by Gasteiger charge is 2.08. The Bertz CT molecular complexity index is 519. The fourth-order valence-corrected chi connectivity index (χ4v) is 2.22. The number of aryl methyl sites for hydroxylation is 1. The first-order valence-electron chi connectivity index (χ1n) is 4.63. The monoisotopic (exact) mass is 233 g/mol. The normalized spacial score (nSPS) is 10.3. The van der Waals surface area contributed by atoms with Gasteiger partial charge in [-0.15, -0.1) is 0 Å². The number of rotatable bonds is 3. The Balaban J connectivity index is 2.31. The van der Waals surface area contributed by atoms with E-state index >= 15 is 0 Å².